The summed E-state index contributed by atoms with van der Waals surface area (Å²) >= 11 is 0. The minimum atomic E-state index is -0.313. The first-order chi connectivity index (χ1) is 43.2. The molecular formula is C77H52B2N6O2. The Morgan fingerprint density at radius 1 is 0.253 bits per heavy atom. The smallest absolute Gasteiger partial charge is 0.258 e. The van der Waals surface area contributed by atoms with Gasteiger partial charge in [0, 0.05) is 86.1 Å². The van der Waals surface area contributed by atoms with E-state index in [-0.39, 0.29) is 13.4 Å². The number of aromatic nitrogens is 1. The Bertz CT molecular complexity index is 4610. The van der Waals surface area contributed by atoms with E-state index in [0.717, 1.165) is 130 Å². The molecule has 408 valence electrons. The molecule has 0 saturated carbocycles. The molecule has 0 radical (unpaired) electrons. The number of hydrogen-bond acceptors (Lipinski definition) is 8. The van der Waals surface area contributed by atoms with E-state index in [1.807, 2.05) is 0 Å². The standard InChI is InChI=1S/C77H52B2N6O2/c1-9-27-53(28-10-1)81(54-29-11-2-12-30-54)61-45-46-65-69(47-61)85(60-41-23-8-24-42-60)71-49-63(83(57-35-17-5-18-36-57)58-37-19-6-20-38-58)51-73-75(71)79(65)67-52-66-76(80-77(67)87-73)86-72-50-62(82(55-31-13-3-14-32-55)56-33-15-4-16-34-56)48-70-74(72)78(66)64-43-25-26-44-68(64)84(70)59-39-21-7-22-40-59/h1-52H. The molecule has 0 unspecified atom stereocenters. The molecule has 0 aliphatic carbocycles. The van der Waals surface area contributed by atoms with Crippen LogP contribution >= 0.6 is 0 Å². The van der Waals surface area contributed by atoms with E-state index >= 15 is 0 Å². The average Bonchev–Trinajstić information content (AvgIpc) is 1.05. The van der Waals surface area contributed by atoms with Crippen molar-refractivity contribution < 1.29 is 9.47 Å². The molecule has 1 aromatic heterocycles. The predicted molar refractivity (Wildman–Crippen MR) is 360 cm³/mol. The molecule has 0 fully saturated rings. The van der Waals surface area contributed by atoms with Crippen LogP contribution in [-0.2, 0) is 0 Å². The first-order valence-electron chi connectivity index (χ1n) is 29.6. The third-order valence-corrected chi connectivity index (χ3v) is 17.3. The maximum Gasteiger partial charge on any atom is 0.258 e. The van der Waals surface area contributed by atoms with Gasteiger partial charge in [-0.15, -0.1) is 0 Å². The van der Waals surface area contributed by atoms with Gasteiger partial charge in [-0.25, -0.2) is 0 Å². The van der Waals surface area contributed by atoms with Crippen molar-refractivity contribution in [3.63, 3.8) is 0 Å². The highest BCUT2D eigenvalue weighted by Gasteiger charge is 2.48. The van der Waals surface area contributed by atoms with Gasteiger partial charge >= 0.3 is 0 Å². The molecule has 8 nitrogen and oxygen atoms in total. The van der Waals surface area contributed by atoms with Gasteiger partial charge in [0.25, 0.3) is 13.4 Å². The Balaban J connectivity index is 0.919. The molecule has 5 heterocycles. The Morgan fingerprint density at radius 3 is 0.977 bits per heavy atom. The summed E-state index contributed by atoms with van der Waals surface area (Å²) in [5, 5.41) is 0. The van der Waals surface area contributed by atoms with Crippen molar-refractivity contribution in [2.45, 2.75) is 0 Å². The fraction of sp³-hybridized carbons (Fsp3) is 0. The summed E-state index contributed by atoms with van der Waals surface area (Å²) in [6.45, 7) is -0.569. The quantitative estimate of drug-likeness (QED) is 0.119. The lowest BCUT2D eigenvalue weighted by molar-refractivity contribution is 0.432. The van der Waals surface area contributed by atoms with E-state index in [2.05, 4.69) is 340 Å². The number of ether oxygens (including phenoxy) is 2. The number of benzene rings is 12. The van der Waals surface area contributed by atoms with Crippen molar-refractivity contribution in [3.05, 3.63) is 315 Å². The number of nitrogens with zero attached hydrogens (tertiary/aromatic N) is 6. The van der Waals surface area contributed by atoms with Crippen LogP contribution in [0.3, 0.4) is 0 Å². The first kappa shape index (κ1) is 50.1. The summed E-state index contributed by atoms with van der Waals surface area (Å²) in [5.41, 5.74) is 21.7. The SMILES string of the molecule is c1ccc(N(c2ccccc2)c2ccc3c(c2)N(c2ccccc2)c2cc(N(c4ccccc4)c4ccccc4)cc4c2B3c2cc3c(nc2O4)Oc2cc(N(c4ccccc4)c4ccccc4)cc4c2B3c2ccccc2N4c2ccccc2)cc1. The second-order valence-electron chi connectivity index (χ2n) is 22.3. The summed E-state index contributed by atoms with van der Waals surface area (Å²) in [5.74, 6) is 2.47. The fourth-order valence-electron chi connectivity index (χ4n) is 13.6. The highest BCUT2D eigenvalue weighted by molar-refractivity contribution is 7.02. The molecule has 10 heteroatoms. The normalized spacial score (nSPS) is 12.7. The van der Waals surface area contributed by atoms with Gasteiger partial charge < -0.3 is 34.0 Å². The van der Waals surface area contributed by atoms with E-state index in [4.69, 9.17) is 14.5 Å². The molecule has 4 aliphatic heterocycles. The zero-order valence-corrected chi connectivity index (χ0v) is 47.2. The second-order valence-corrected chi connectivity index (χ2v) is 22.3. The van der Waals surface area contributed by atoms with Gasteiger partial charge in [-0.05, 0) is 160 Å². The fourth-order valence-corrected chi connectivity index (χ4v) is 13.6. The molecule has 0 bridgehead atoms. The monoisotopic (exact) mass is 1110 g/mol. The van der Waals surface area contributed by atoms with E-state index < -0.39 is 0 Å². The van der Waals surface area contributed by atoms with Crippen molar-refractivity contribution >= 4 is 132 Å². The molecule has 87 heavy (non-hydrogen) atoms. The molecule has 0 amide bonds. The predicted octanol–water partition coefficient (Wildman–Crippen LogP) is 16.3. The highest BCUT2D eigenvalue weighted by atomic mass is 16.5. The highest BCUT2D eigenvalue weighted by Crippen LogP contribution is 2.50. The molecule has 17 rings (SSSR count). The van der Waals surface area contributed by atoms with Crippen LogP contribution in [-0.4, -0.2) is 18.4 Å². The Kier molecular flexibility index (Phi) is 11.9. The zero-order chi connectivity index (χ0) is 57.4. The Hall–Kier alpha value is -11.5. The molecular weight excluding hydrogens is 1060 g/mol. The van der Waals surface area contributed by atoms with Gasteiger partial charge in [0.2, 0.25) is 11.8 Å². The van der Waals surface area contributed by atoms with Crippen molar-refractivity contribution in [3.8, 4) is 23.3 Å². The lowest BCUT2D eigenvalue weighted by atomic mass is 9.31. The van der Waals surface area contributed by atoms with Crippen molar-refractivity contribution in [2.75, 3.05) is 24.5 Å². The van der Waals surface area contributed by atoms with Gasteiger partial charge in [-0.1, -0.05) is 176 Å². The van der Waals surface area contributed by atoms with Crippen molar-refractivity contribution in [2.24, 2.45) is 0 Å². The first-order valence-corrected chi connectivity index (χ1v) is 29.6. The van der Waals surface area contributed by atoms with E-state index in [1.54, 1.807) is 0 Å². The van der Waals surface area contributed by atoms with Crippen molar-refractivity contribution in [1.29, 1.82) is 0 Å². The maximum atomic E-state index is 7.48. The molecule has 13 aromatic rings. The topological polar surface area (TPSA) is 47.6 Å². The van der Waals surface area contributed by atoms with Gasteiger partial charge in [-0.2, -0.15) is 4.98 Å². The lowest BCUT2D eigenvalue weighted by Gasteiger charge is -2.42. The van der Waals surface area contributed by atoms with Gasteiger partial charge in [-0.3, -0.25) is 0 Å². The van der Waals surface area contributed by atoms with E-state index in [0.29, 0.717) is 11.8 Å². The Morgan fingerprint density at radius 2 is 0.575 bits per heavy atom. The number of hydrogen-bond donors (Lipinski definition) is 0. The average molecular weight is 1110 g/mol. The maximum absolute atomic E-state index is 7.48. The molecule has 12 aromatic carbocycles. The van der Waals surface area contributed by atoms with Crippen LogP contribution in [0.2, 0.25) is 0 Å². The zero-order valence-electron chi connectivity index (χ0n) is 47.2. The molecule has 4 aliphatic rings. The number of fused-ring (bicyclic) bond motifs is 8. The number of anilines is 15. The summed E-state index contributed by atoms with van der Waals surface area (Å²) < 4.78 is 14.9. The van der Waals surface area contributed by atoms with Crippen LogP contribution in [0.4, 0.5) is 85.3 Å². The minimum absolute atomic E-state index is 0.256. The van der Waals surface area contributed by atoms with Crippen LogP contribution in [0.25, 0.3) is 0 Å². The van der Waals surface area contributed by atoms with Gasteiger partial charge in [0.15, 0.2) is 0 Å². The van der Waals surface area contributed by atoms with Crippen molar-refractivity contribution in [1.82, 2.24) is 4.98 Å². The van der Waals surface area contributed by atoms with Crippen LogP contribution in [0.1, 0.15) is 0 Å². The minimum Gasteiger partial charge on any atom is -0.440 e. The van der Waals surface area contributed by atoms with Crippen LogP contribution in [0.5, 0.6) is 23.3 Å². The lowest BCUT2D eigenvalue weighted by Crippen LogP contribution is -2.63. The molecule has 0 N–H and O–H groups in total. The summed E-state index contributed by atoms with van der Waals surface area (Å²) in [6.07, 6.45) is 0. The van der Waals surface area contributed by atoms with Gasteiger partial charge in [0.05, 0.1) is 11.4 Å². The largest absolute Gasteiger partial charge is 0.440 e. The molecule has 0 atom stereocenters. The Labute approximate surface area is 506 Å². The van der Waals surface area contributed by atoms with Crippen LogP contribution < -0.4 is 66.8 Å². The molecule has 0 saturated heterocycles. The number of pyridine rings is 1. The number of rotatable bonds is 11. The second kappa shape index (κ2) is 20.7. The third-order valence-electron chi connectivity index (χ3n) is 17.3. The van der Waals surface area contributed by atoms with Crippen LogP contribution in [0, 0.1) is 0 Å². The van der Waals surface area contributed by atoms with Crippen LogP contribution in [0.15, 0.2) is 315 Å². The molecule has 0 spiro atoms. The summed E-state index contributed by atoms with van der Waals surface area (Å²) in [7, 11) is 0. The third kappa shape index (κ3) is 8.36. The van der Waals surface area contributed by atoms with E-state index in [1.165, 1.54) is 0 Å². The number of para-hydroxylation sites is 9. The van der Waals surface area contributed by atoms with Gasteiger partial charge in [0.1, 0.15) is 11.5 Å². The summed E-state index contributed by atoms with van der Waals surface area (Å²) in [6, 6.07) is 112. The van der Waals surface area contributed by atoms with E-state index in [9.17, 15) is 0 Å². The summed E-state index contributed by atoms with van der Waals surface area (Å²) in [4.78, 5) is 17.5.